The van der Waals surface area contributed by atoms with Crippen LogP contribution in [-0.2, 0) is 11.3 Å². The monoisotopic (exact) mass is 326 g/mol. The second-order valence-corrected chi connectivity index (χ2v) is 5.14. The Bertz CT molecular complexity index is 865. The van der Waals surface area contributed by atoms with Crippen molar-refractivity contribution in [2.45, 2.75) is 27.3 Å². The number of rotatable bonds is 5. The summed E-state index contributed by atoms with van der Waals surface area (Å²) in [4.78, 5) is 24.4. The smallest absolute Gasteiger partial charge is 0.285 e. The third kappa shape index (κ3) is 3.60. The molecule has 0 radical (unpaired) electrons. The van der Waals surface area contributed by atoms with E-state index >= 15 is 0 Å². The Balaban J connectivity index is 2.24. The number of hydrogen-bond acceptors (Lipinski definition) is 5. The van der Waals surface area contributed by atoms with Gasteiger partial charge in [0.15, 0.2) is 0 Å². The number of aromatic nitrogens is 2. The molecule has 2 aromatic rings. The van der Waals surface area contributed by atoms with E-state index in [0.29, 0.717) is 29.3 Å². The quantitative estimate of drug-likeness (QED) is 0.903. The van der Waals surface area contributed by atoms with Gasteiger partial charge in [0.2, 0.25) is 5.91 Å². The topological polar surface area (TPSA) is 97.0 Å². The zero-order chi connectivity index (χ0) is 17.7. The van der Waals surface area contributed by atoms with Crippen LogP contribution < -0.4 is 15.6 Å². The second-order valence-electron chi connectivity index (χ2n) is 5.14. The number of benzene rings is 1. The number of nitrogens with zero attached hydrogens (tertiary/aromatic N) is 3. The molecule has 1 N–H and O–H groups in total. The minimum atomic E-state index is -0.575. The van der Waals surface area contributed by atoms with Crippen LogP contribution in [0.25, 0.3) is 0 Å². The molecule has 0 saturated heterocycles. The van der Waals surface area contributed by atoms with E-state index in [0.717, 1.165) is 4.68 Å². The number of amides is 1. The molecule has 0 aliphatic rings. The number of carbonyl (C=O) groups is 1. The molecular formula is C17H18N4O3. The van der Waals surface area contributed by atoms with Crippen molar-refractivity contribution in [1.29, 1.82) is 5.26 Å². The molecule has 0 bridgehead atoms. The summed E-state index contributed by atoms with van der Waals surface area (Å²) < 4.78 is 6.44. The van der Waals surface area contributed by atoms with E-state index in [1.54, 1.807) is 38.1 Å². The van der Waals surface area contributed by atoms with Crippen molar-refractivity contribution < 1.29 is 9.53 Å². The Morgan fingerprint density at radius 1 is 1.38 bits per heavy atom. The maximum atomic E-state index is 12.2. The molecule has 0 unspecified atom stereocenters. The zero-order valence-electron chi connectivity index (χ0n) is 13.8. The normalized spacial score (nSPS) is 10.1. The molecule has 0 saturated carbocycles. The van der Waals surface area contributed by atoms with Gasteiger partial charge in [0, 0.05) is 0 Å². The Kier molecular flexibility index (Phi) is 5.32. The van der Waals surface area contributed by atoms with Crippen LogP contribution in [0.3, 0.4) is 0 Å². The molecule has 1 aromatic carbocycles. The minimum absolute atomic E-state index is 0.00464. The third-order valence-corrected chi connectivity index (χ3v) is 3.50. The number of ether oxygens (including phenoxy) is 1. The number of aryl methyl sites for hydroxylation is 1. The van der Waals surface area contributed by atoms with Crippen LogP contribution in [0.5, 0.6) is 5.75 Å². The van der Waals surface area contributed by atoms with Crippen molar-refractivity contribution in [2.24, 2.45) is 0 Å². The molecular weight excluding hydrogens is 308 g/mol. The summed E-state index contributed by atoms with van der Waals surface area (Å²) >= 11 is 0. The van der Waals surface area contributed by atoms with E-state index in [4.69, 9.17) is 10.00 Å². The van der Waals surface area contributed by atoms with Crippen molar-refractivity contribution in [3.63, 3.8) is 0 Å². The molecule has 1 heterocycles. The molecule has 0 atom stereocenters. The molecule has 0 fully saturated rings. The van der Waals surface area contributed by atoms with Gasteiger partial charge in [-0.25, -0.2) is 4.68 Å². The first-order valence-corrected chi connectivity index (χ1v) is 7.48. The Labute approximate surface area is 139 Å². The number of carbonyl (C=O) groups excluding carboxylic acids is 1. The summed E-state index contributed by atoms with van der Waals surface area (Å²) in [5.74, 6) is 0.121. The molecule has 0 aliphatic carbocycles. The van der Waals surface area contributed by atoms with E-state index in [1.165, 1.54) is 0 Å². The van der Waals surface area contributed by atoms with Gasteiger partial charge in [-0.05, 0) is 38.5 Å². The Morgan fingerprint density at radius 3 is 2.75 bits per heavy atom. The van der Waals surface area contributed by atoms with Gasteiger partial charge in [-0.2, -0.15) is 10.4 Å². The standard InChI is InChI=1S/C17H18N4O3/c1-4-24-15-8-6-5-7-14(15)19-16(22)10-21-17(23)13(9-18)11(2)12(3)20-21/h5-8H,4,10H2,1-3H3,(H,19,22). The summed E-state index contributed by atoms with van der Waals surface area (Å²) in [5, 5.41) is 15.9. The van der Waals surface area contributed by atoms with Crippen LogP contribution in [0.4, 0.5) is 5.69 Å². The Morgan fingerprint density at radius 2 is 2.08 bits per heavy atom. The molecule has 7 nitrogen and oxygen atoms in total. The largest absolute Gasteiger partial charge is 0.492 e. The van der Waals surface area contributed by atoms with E-state index < -0.39 is 11.5 Å². The fourth-order valence-electron chi connectivity index (χ4n) is 2.19. The average molecular weight is 326 g/mol. The van der Waals surface area contributed by atoms with E-state index in [1.807, 2.05) is 13.0 Å². The highest BCUT2D eigenvalue weighted by Gasteiger charge is 2.14. The van der Waals surface area contributed by atoms with E-state index in [-0.39, 0.29) is 12.1 Å². The van der Waals surface area contributed by atoms with Crippen LogP contribution in [-0.4, -0.2) is 22.3 Å². The van der Waals surface area contributed by atoms with Gasteiger partial charge in [0.25, 0.3) is 5.56 Å². The van der Waals surface area contributed by atoms with Crippen LogP contribution in [0.1, 0.15) is 23.7 Å². The fraction of sp³-hybridized carbons (Fsp3) is 0.294. The van der Waals surface area contributed by atoms with Gasteiger partial charge < -0.3 is 10.1 Å². The maximum absolute atomic E-state index is 12.2. The third-order valence-electron chi connectivity index (χ3n) is 3.50. The van der Waals surface area contributed by atoms with E-state index in [9.17, 15) is 9.59 Å². The Hall–Kier alpha value is -3.14. The highest BCUT2D eigenvalue weighted by atomic mass is 16.5. The predicted octanol–water partition coefficient (Wildman–Crippen LogP) is 1.77. The average Bonchev–Trinajstić information content (AvgIpc) is 2.55. The van der Waals surface area contributed by atoms with Crippen LogP contribution in [0.15, 0.2) is 29.1 Å². The first-order chi connectivity index (χ1) is 11.5. The lowest BCUT2D eigenvalue weighted by Crippen LogP contribution is -2.32. The lowest BCUT2D eigenvalue weighted by Gasteiger charge is -2.12. The molecule has 2 rings (SSSR count). The van der Waals surface area contributed by atoms with Crippen LogP contribution in [0, 0.1) is 25.2 Å². The van der Waals surface area contributed by atoms with Gasteiger partial charge in [-0.3, -0.25) is 9.59 Å². The molecule has 124 valence electrons. The fourth-order valence-corrected chi connectivity index (χ4v) is 2.19. The zero-order valence-corrected chi connectivity index (χ0v) is 13.8. The first kappa shape index (κ1) is 17.2. The molecule has 0 spiro atoms. The van der Waals surface area contributed by atoms with Gasteiger partial charge in [-0.15, -0.1) is 0 Å². The maximum Gasteiger partial charge on any atom is 0.285 e. The van der Waals surface area contributed by atoms with Gasteiger partial charge >= 0.3 is 0 Å². The first-order valence-electron chi connectivity index (χ1n) is 7.48. The van der Waals surface area contributed by atoms with Gasteiger partial charge in [-0.1, -0.05) is 12.1 Å². The highest BCUT2D eigenvalue weighted by Crippen LogP contribution is 2.23. The van der Waals surface area contributed by atoms with Crippen molar-refractivity contribution in [2.75, 3.05) is 11.9 Å². The highest BCUT2D eigenvalue weighted by molar-refractivity contribution is 5.92. The SMILES string of the molecule is CCOc1ccccc1NC(=O)Cn1nc(C)c(C)c(C#N)c1=O. The predicted molar refractivity (Wildman–Crippen MR) is 88.9 cm³/mol. The summed E-state index contributed by atoms with van der Waals surface area (Å²) in [7, 11) is 0. The number of hydrogen-bond donors (Lipinski definition) is 1. The van der Waals surface area contributed by atoms with E-state index in [2.05, 4.69) is 10.4 Å². The summed E-state index contributed by atoms with van der Waals surface area (Å²) in [6.07, 6.45) is 0. The summed E-state index contributed by atoms with van der Waals surface area (Å²) in [6, 6.07) is 8.89. The number of anilines is 1. The number of para-hydroxylation sites is 2. The van der Waals surface area contributed by atoms with Gasteiger partial charge in [0.05, 0.1) is 18.0 Å². The van der Waals surface area contributed by atoms with Crippen molar-refractivity contribution in [1.82, 2.24) is 9.78 Å². The molecule has 24 heavy (non-hydrogen) atoms. The van der Waals surface area contributed by atoms with Crippen molar-refractivity contribution in [3.8, 4) is 11.8 Å². The minimum Gasteiger partial charge on any atom is -0.492 e. The molecule has 7 heteroatoms. The summed E-state index contributed by atoms with van der Waals surface area (Å²) in [5.41, 5.74) is 1.01. The number of nitrogens with one attached hydrogen (secondary N) is 1. The second kappa shape index (κ2) is 7.42. The molecule has 1 amide bonds. The van der Waals surface area contributed by atoms with Crippen molar-refractivity contribution in [3.05, 3.63) is 51.4 Å². The van der Waals surface area contributed by atoms with Crippen LogP contribution in [0.2, 0.25) is 0 Å². The summed E-state index contributed by atoms with van der Waals surface area (Å²) in [6.45, 7) is 5.38. The number of nitriles is 1. The van der Waals surface area contributed by atoms with Crippen LogP contribution >= 0.6 is 0 Å². The lowest BCUT2D eigenvalue weighted by atomic mass is 10.1. The van der Waals surface area contributed by atoms with Gasteiger partial charge in [0.1, 0.15) is 23.9 Å². The lowest BCUT2D eigenvalue weighted by molar-refractivity contribution is -0.117. The molecule has 1 aromatic heterocycles. The molecule has 0 aliphatic heterocycles. The van der Waals surface area contributed by atoms with Crippen molar-refractivity contribution >= 4 is 11.6 Å².